The van der Waals surface area contributed by atoms with Gasteiger partial charge in [0.15, 0.2) is 0 Å². The molecule has 5 heteroatoms. The molecule has 0 fully saturated rings. The second-order valence-electron chi connectivity index (χ2n) is 3.81. The number of hydrogen-bond acceptors (Lipinski definition) is 2. The van der Waals surface area contributed by atoms with E-state index in [2.05, 4.69) is 9.97 Å². The summed E-state index contributed by atoms with van der Waals surface area (Å²) in [5.41, 5.74) is 1.82. The summed E-state index contributed by atoms with van der Waals surface area (Å²) < 4.78 is 5.13. The number of nitrogens with one attached hydrogen (secondary N) is 2. The van der Waals surface area contributed by atoms with Crippen molar-refractivity contribution in [2.45, 2.75) is 0 Å². The molecule has 0 aliphatic heterocycles. The molecule has 86 valence electrons. The normalized spacial score (nSPS) is 11.1. The summed E-state index contributed by atoms with van der Waals surface area (Å²) in [6, 6.07) is 7.27. The third-order valence-electron chi connectivity index (χ3n) is 2.82. The SMILES string of the molecule is COc1ccc2c(c1)[nH]c1[nH]c(C(=O)O)cc12. The number of carboxylic acids is 1. The van der Waals surface area contributed by atoms with Crippen LogP contribution in [0.15, 0.2) is 24.3 Å². The Morgan fingerprint density at radius 2 is 2.06 bits per heavy atom. The summed E-state index contributed by atoms with van der Waals surface area (Å²) in [6.45, 7) is 0. The van der Waals surface area contributed by atoms with E-state index < -0.39 is 5.97 Å². The molecule has 0 spiro atoms. The highest BCUT2D eigenvalue weighted by Crippen LogP contribution is 2.28. The molecule has 2 heterocycles. The number of aromatic amines is 2. The number of carboxylic acid groups (broad SMARTS) is 1. The summed E-state index contributed by atoms with van der Waals surface area (Å²) in [7, 11) is 1.61. The molecule has 0 radical (unpaired) electrons. The molecule has 0 saturated heterocycles. The van der Waals surface area contributed by atoms with Crippen molar-refractivity contribution in [3.05, 3.63) is 30.0 Å². The predicted molar refractivity (Wildman–Crippen MR) is 63.7 cm³/mol. The Labute approximate surface area is 96.0 Å². The molecule has 0 aliphatic rings. The zero-order chi connectivity index (χ0) is 12.0. The van der Waals surface area contributed by atoms with Crippen molar-refractivity contribution in [2.24, 2.45) is 0 Å². The Morgan fingerprint density at radius 3 is 2.76 bits per heavy atom. The van der Waals surface area contributed by atoms with Gasteiger partial charge in [-0.3, -0.25) is 0 Å². The van der Waals surface area contributed by atoms with E-state index in [4.69, 9.17) is 9.84 Å². The fourth-order valence-corrected chi connectivity index (χ4v) is 2.00. The molecule has 5 nitrogen and oxygen atoms in total. The second kappa shape index (κ2) is 3.28. The highest BCUT2D eigenvalue weighted by atomic mass is 16.5. The zero-order valence-corrected chi connectivity index (χ0v) is 9.07. The maximum Gasteiger partial charge on any atom is 0.352 e. The van der Waals surface area contributed by atoms with E-state index in [0.717, 1.165) is 22.0 Å². The quantitative estimate of drug-likeness (QED) is 0.632. The van der Waals surface area contributed by atoms with Gasteiger partial charge in [0, 0.05) is 16.8 Å². The molecule has 0 aliphatic carbocycles. The summed E-state index contributed by atoms with van der Waals surface area (Å²) in [4.78, 5) is 16.8. The van der Waals surface area contributed by atoms with Gasteiger partial charge in [-0.1, -0.05) is 0 Å². The van der Waals surface area contributed by atoms with Crippen molar-refractivity contribution in [1.29, 1.82) is 0 Å². The Balaban J connectivity index is 2.30. The highest BCUT2D eigenvalue weighted by Gasteiger charge is 2.12. The van der Waals surface area contributed by atoms with Gasteiger partial charge in [-0.2, -0.15) is 0 Å². The maximum atomic E-state index is 10.8. The van der Waals surface area contributed by atoms with Gasteiger partial charge in [0.25, 0.3) is 0 Å². The molecule has 3 N–H and O–H groups in total. The van der Waals surface area contributed by atoms with Crippen LogP contribution in [-0.2, 0) is 0 Å². The van der Waals surface area contributed by atoms with Crippen molar-refractivity contribution >= 4 is 27.9 Å². The summed E-state index contributed by atoms with van der Waals surface area (Å²) in [5, 5.41) is 10.7. The lowest BCUT2D eigenvalue weighted by Crippen LogP contribution is -1.95. The van der Waals surface area contributed by atoms with E-state index in [1.54, 1.807) is 13.2 Å². The number of rotatable bonds is 2. The topological polar surface area (TPSA) is 78.1 Å². The fourth-order valence-electron chi connectivity index (χ4n) is 2.00. The molecule has 0 amide bonds. The summed E-state index contributed by atoms with van der Waals surface area (Å²) in [5.74, 6) is -0.198. The fraction of sp³-hybridized carbons (Fsp3) is 0.0833. The highest BCUT2D eigenvalue weighted by molar-refractivity contribution is 6.09. The molecule has 0 saturated carbocycles. The van der Waals surface area contributed by atoms with Crippen LogP contribution in [0, 0.1) is 0 Å². The average Bonchev–Trinajstić information content (AvgIpc) is 2.84. The van der Waals surface area contributed by atoms with Gasteiger partial charge in [0.1, 0.15) is 17.1 Å². The van der Waals surface area contributed by atoms with Crippen LogP contribution in [0.4, 0.5) is 0 Å². The van der Waals surface area contributed by atoms with E-state index in [0.29, 0.717) is 5.65 Å². The molecule has 0 atom stereocenters. The molecule has 2 aromatic heterocycles. The minimum absolute atomic E-state index is 0.184. The van der Waals surface area contributed by atoms with Crippen LogP contribution in [0.5, 0.6) is 5.75 Å². The third kappa shape index (κ3) is 1.36. The zero-order valence-electron chi connectivity index (χ0n) is 9.07. The molecule has 3 rings (SSSR count). The molecule has 0 bridgehead atoms. The lowest BCUT2D eigenvalue weighted by atomic mass is 10.2. The minimum Gasteiger partial charge on any atom is -0.497 e. The summed E-state index contributed by atoms with van der Waals surface area (Å²) in [6.07, 6.45) is 0. The van der Waals surface area contributed by atoms with Crippen molar-refractivity contribution in [3.63, 3.8) is 0 Å². The van der Waals surface area contributed by atoms with Crippen molar-refractivity contribution in [2.75, 3.05) is 7.11 Å². The van der Waals surface area contributed by atoms with Gasteiger partial charge >= 0.3 is 5.97 Å². The molecule has 1 aromatic carbocycles. The predicted octanol–water partition coefficient (Wildman–Crippen LogP) is 2.36. The summed E-state index contributed by atoms with van der Waals surface area (Å²) >= 11 is 0. The lowest BCUT2D eigenvalue weighted by Gasteiger charge is -1.98. The van der Waals surface area contributed by atoms with Crippen molar-refractivity contribution in [3.8, 4) is 5.75 Å². The third-order valence-corrected chi connectivity index (χ3v) is 2.82. The lowest BCUT2D eigenvalue weighted by molar-refractivity contribution is 0.0691. The Morgan fingerprint density at radius 1 is 1.24 bits per heavy atom. The number of benzene rings is 1. The standard InChI is InChI=1S/C12H10N2O3/c1-17-6-2-3-7-8-5-10(12(15)16)14-11(8)13-9(7)4-6/h2-5,13-14H,1H3,(H,15,16). The maximum absolute atomic E-state index is 10.8. The Bertz CT molecular complexity index is 724. The van der Waals surface area contributed by atoms with Gasteiger partial charge in [-0.15, -0.1) is 0 Å². The van der Waals surface area contributed by atoms with Gasteiger partial charge in [0.05, 0.1) is 12.6 Å². The number of fused-ring (bicyclic) bond motifs is 3. The Kier molecular flexibility index (Phi) is 1.89. The Hall–Kier alpha value is -2.43. The van der Waals surface area contributed by atoms with Gasteiger partial charge in [0.2, 0.25) is 0 Å². The van der Waals surface area contributed by atoms with Crippen LogP contribution in [0.2, 0.25) is 0 Å². The largest absolute Gasteiger partial charge is 0.497 e. The molecule has 0 unspecified atom stereocenters. The first-order chi connectivity index (χ1) is 8.19. The number of hydrogen-bond donors (Lipinski definition) is 3. The number of H-pyrrole nitrogens is 2. The van der Waals surface area contributed by atoms with E-state index >= 15 is 0 Å². The number of carbonyl (C=O) groups is 1. The first kappa shape index (κ1) is 9.77. The van der Waals surface area contributed by atoms with Crippen LogP contribution in [0.1, 0.15) is 10.5 Å². The smallest absolute Gasteiger partial charge is 0.352 e. The minimum atomic E-state index is -0.962. The van der Waals surface area contributed by atoms with Crippen molar-refractivity contribution < 1.29 is 14.6 Å². The van der Waals surface area contributed by atoms with Gasteiger partial charge < -0.3 is 19.8 Å². The van der Waals surface area contributed by atoms with Crippen molar-refractivity contribution in [1.82, 2.24) is 9.97 Å². The van der Waals surface area contributed by atoms with E-state index in [9.17, 15) is 4.79 Å². The van der Waals surface area contributed by atoms with Gasteiger partial charge in [-0.25, -0.2) is 4.79 Å². The van der Waals surface area contributed by atoms with Crippen LogP contribution < -0.4 is 4.74 Å². The first-order valence-electron chi connectivity index (χ1n) is 5.11. The van der Waals surface area contributed by atoms with E-state index in [1.807, 2.05) is 18.2 Å². The molecular formula is C12H10N2O3. The average molecular weight is 230 g/mol. The van der Waals surface area contributed by atoms with E-state index in [1.165, 1.54) is 0 Å². The number of ether oxygens (including phenoxy) is 1. The second-order valence-corrected chi connectivity index (χ2v) is 3.81. The van der Waals surface area contributed by atoms with E-state index in [-0.39, 0.29) is 5.69 Å². The molecule has 3 aromatic rings. The van der Waals surface area contributed by atoms with Crippen LogP contribution in [0.25, 0.3) is 21.9 Å². The van der Waals surface area contributed by atoms with Gasteiger partial charge in [-0.05, 0) is 18.2 Å². The molecular weight excluding hydrogens is 220 g/mol. The first-order valence-corrected chi connectivity index (χ1v) is 5.11. The van der Waals surface area contributed by atoms with Crippen LogP contribution in [-0.4, -0.2) is 28.2 Å². The monoisotopic (exact) mass is 230 g/mol. The molecule has 17 heavy (non-hydrogen) atoms. The number of aromatic carboxylic acids is 1. The number of aromatic nitrogens is 2. The van der Waals surface area contributed by atoms with Crippen LogP contribution >= 0.6 is 0 Å². The number of methoxy groups -OCH3 is 1. The van der Waals surface area contributed by atoms with Crippen LogP contribution in [0.3, 0.4) is 0 Å².